The summed E-state index contributed by atoms with van der Waals surface area (Å²) in [5, 5.41) is 12.5. The Kier molecular flexibility index (Phi) is 5.46. The Morgan fingerprint density at radius 3 is 2.65 bits per heavy atom. The second kappa shape index (κ2) is 8.70. The van der Waals surface area contributed by atoms with E-state index in [0.717, 1.165) is 59.8 Å². The molecule has 31 heavy (non-hydrogen) atoms. The van der Waals surface area contributed by atoms with E-state index in [2.05, 4.69) is 68.8 Å². The Hall–Kier alpha value is -3.51. The number of aromatic nitrogens is 2. The van der Waals surface area contributed by atoms with E-state index < -0.39 is 0 Å². The number of anilines is 2. The van der Waals surface area contributed by atoms with Crippen LogP contribution in [0.1, 0.15) is 17.0 Å². The summed E-state index contributed by atoms with van der Waals surface area (Å²) < 4.78 is 5.53. The summed E-state index contributed by atoms with van der Waals surface area (Å²) in [5.74, 6) is 0.917. The van der Waals surface area contributed by atoms with Crippen LogP contribution < -0.4 is 10.2 Å². The maximum atomic E-state index is 5.53. The summed E-state index contributed by atoms with van der Waals surface area (Å²) >= 11 is 0. The maximum Gasteiger partial charge on any atom is 0.122 e. The molecule has 4 aromatic rings. The molecule has 6 nitrogen and oxygen atoms in total. The van der Waals surface area contributed by atoms with Gasteiger partial charge in [-0.05, 0) is 43.0 Å². The molecule has 0 unspecified atom stereocenters. The first-order chi connectivity index (χ1) is 15.3. The third kappa shape index (κ3) is 4.34. The highest BCUT2D eigenvalue weighted by atomic mass is 16.3. The molecule has 2 aromatic heterocycles. The van der Waals surface area contributed by atoms with Gasteiger partial charge < -0.3 is 19.5 Å². The molecule has 1 saturated heterocycles. The van der Waals surface area contributed by atoms with Crippen LogP contribution in [0.2, 0.25) is 0 Å². The first-order valence-electron chi connectivity index (χ1n) is 10.7. The molecule has 0 radical (unpaired) electrons. The van der Waals surface area contributed by atoms with Crippen molar-refractivity contribution in [2.24, 2.45) is 0 Å². The monoisotopic (exact) mass is 413 g/mol. The molecule has 1 fully saturated rings. The normalized spacial score (nSPS) is 15.2. The minimum atomic E-state index is 0.645. The van der Waals surface area contributed by atoms with E-state index in [0.29, 0.717) is 6.54 Å². The number of aromatic amines is 1. The van der Waals surface area contributed by atoms with Gasteiger partial charge in [-0.15, -0.1) is 0 Å². The molecular weight excluding hydrogens is 386 g/mol. The summed E-state index contributed by atoms with van der Waals surface area (Å²) in [7, 11) is 2.18. The lowest BCUT2D eigenvalue weighted by atomic mass is 10.1. The third-order valence-corrected chi connectivity index (χ3v) is 5.82. The van der Waals surface area contributed by atoms with Gasteiger partial charge in [0.2, 0.25) is 0 Å². The van der Waals surface area contributed by atoms with Crippen molar-refractivity contribution in [3.05, 3.63) is 77.9 Å². The number of rotatable bonds is 6. The van der Waals surface area contributed by atoms with Crippen LogP contribution in [0, 0.1) is 0 Å². The highest BCUT2D eigenvalue weighted by Crippen LogP contribution is 2.33. The van der Waals surface area contributed by atoms with Gasteiger partial charge in [0.15, 0.2) is 0 Å². The van der Waals surface area contributed by atoms with Crippen LogP contribution >= 0.6 is 0 Å². The van der Waals surface area contributed by atoms with E-state index in [-0.39, 0.29) is 0 Å². The van der Waals surface area contributed by atoms with Crippen LogP contribution in [0.3, 0.4) is 0 Å². The maximum absolute atomic E-state index is 5.53. The Morgan fingerprint density at radius 1 is 1.03 bits per heavy atom. The van der Waals surface area contributed by atoms with Crippen LogP contribution in [0.25, 0.3) is 23.1 Å². The van der Waals surface area contributed by atoms with Crippen molar-refractivity contribution < 1.29 is 4.42 Å². The van der Waals surface area contributed by atoms with Gasteiger partial charge in [-0.1, -0.05) is 36.4 Å². The number of piperazine rings is 1. The van der Waals surface area contributed by atoms with E-state index >= 15 is 0 Å². The summed E-state index contributed by atoms with van der Waals surface area (Å²) in [6, 6.07) is 18.6. The van der Waals surface area contributed by atoms with Crippen LogP contribution in [-0.4, -0.2) is 48.3 Å². The molecule has 0 aliphatic carbocycles. The molecule has 1 aliphatic rings. The van der Waals surface area contributed by atoms with E-state index in [4.69, 9.17) is 4.42 Å². The number of likely N-dealkylation sites (N-methyl/N-ethyl adjacent to an activating group) is 1. The largest absolute Gasteiger partial charge is 0.467 e. The van der Waals surface area contributed by atoms with E-state index in [9.17, 15) is 0 Å². The fourth-order valence-corrected chi connectivity index (χ4v) is 3.99. The smallest absolute Gasteiger partial charge is 0.122 e. The topological polar surface area (TPSA) is 60.3 Å². The lowest BCUT2D eigenvalue weighted by Gasteiger charge is -2.35. The van der Waals surface area contributed by atoms with E-state index in [1.54, 1.807) is 6.26 Å². The summed E-state index contributed by atoms with van der Waals surface area (Å²) in [6.07, 6.45) is 5.88. The van der Waals surface area contributed by atoms with Crippen LogP contribution in [0.15, 0.2) is 65.3 Å². The van der Waals surface area contributed by atoms with Crippen molar-refractivity contribution in [2.45, 2.75) is 6.54 Å². The second-order valence-corrected chi connectivity index (χ2v) is 7.99. The molecule has 5 rings (SSSR count). The quantitative estimate of drug-likeness (QED) is 0.480. The summed E-state index contributed by atoms with van der Waals surface area (Å²) in [5.41, 5.74) is 5.44. The number of furan rings is 1. The molecule has 0 atom stereocenters. The molecule has 0 bridgehead atoms. The zero-order valence-electron chi connectivity index (χ0n) is 17.7. The van der Waals surface area contributed by atoms with E-state index in [1.807, 2.05) is 30.3 Å². The highest BCUT2D eigenvalue weighted by molar-refractivity contribution is 5.96. The second-order valence-electron chi connectivity index (χ2n) is 7.99. The molecular formula is C25H27N5O. The lowest BCUT2D eigenvalue weighted by molar-refractivity contribution is 0.313. The molecule has 6 heteroatoms. The van der Waals surface area contributed by atoms with Gasteiger partial charge >= 0.3 is 0 Å². The highest BCUT2D eigenvalue weighted by Gasteiger charge is 2.19. The Labute approximate surface area is 182 Å². The Morgan fingerprint density at radius 2 is 1.87 bits per heavy atom. The fraction of sp³-hybridized carbons (Fsp3) is 0.240. The van der Waals surface area contributed by atoms with Gasteiger partial charge in [0, 0.05) is 31.6 Å². The average Bonchev–Trinajstić information content (AvgIpc) is 3.46. The molecule has 0 saturated carbocycles. The molecule has 158 valence electrons. The van der Waals surface area contributed by atoms with Crippen LogP contribution in [0.5, 0.6) is 0 Å². The number of hydrogen-bond donors (Lipinski definition) is 2. The SMILES string of the molecule is CN1CCN(c2cc3[nH]nc(C=Cc4ccccc4)c3cc2NCc2ccco2)CC1. The summed E-state index contributed by atoms with van der Waals surface area (Å²) in [4.78, 5) is 4.82. The number of nitrogens with one attached hydrogen (secondary N) is 2. The predicted molar refractivity (Wildman–Crippen MR) is 127 cm³/mol. The first-order valence-corrected chi connectivity index (χ1v) is 10.7. The predicted octanol–water partition coefficient (Wildman–Crippen LogP) is 4.69. The third-order valence-electron chi connectivity index (χ3n) is 5.82. The average molecular weight is 414 g/mol. The Balaban J connectivity index is 1.49. The van der Waals surface area contributed by atoms with Crippen LogP contribution in [0.4, 0.5) is 11.4 Å². The van der Waals surface area contributed by atoms with Crippen LogP contribution in [-0.2, 0) is 6.54 Å². The number of benzene rings is 2. The molecule has 1 aliphatic heterocycles. The standard InChI is InChI=1S/C25H27N5O/c1-29-11-13-30(14-12-29)25-17-23-21(16-24(25)26-18-20-8-5-15-31-20)22(27-28-23)10-9-19-6-3-2-4-7-19/h2-10,15-17,26H,11-14,18H2,1H3,(H,27,28). The summed E-state index contributed by atoms with van der Waals surface area (Å²) in [6.45, 7) is 4.78. The van der Waals surface area contributed by atoms with Crippen molar-refractivity contribution in [3.63, 3.8) is 0 Å². The van der Waals surface area contributed by atoms with Crippen molar-refractivity contribution in [2.75, 3.05) is 43.4 Å². The number of hydrogen-bond acceptors (Lipinski definition) is 5. The molecule has 0 amide bonds. The zero-order chi connectivity index (χ0) is 21.0. The molecule has 3 heterocycles. The fourth-order valence-electron chi connectivity index (χ4n) is 3.99. The lowest BCUT2D eigenvalue weighted by Crippen LogP contribution is -2.44. The Bertz CT molecular complexity index is 1160. The number of fused-ring (bicyclic) bond motifs is 1. The minimum absolute atomic E-state index is 0.645. The van der Waals surface area contributed by atoms with E-state index in [1.165, 1.54) is 5.69 Å². The van der Waals surface area contributed by atoms with Crippen molar-refractivity contribution in [1.29, 1.82) is 0 Å². The van der Waals surface area contributed by atoms with Crippen molar-refractivity contribution >= 4 is 34.4 Å². The molecule has 2 aromatic carbocycles. The van der Waals surface area contributed by atoms with Gasteiger partial charge in [0.05, 0.1) is 35.4 Å². The van der Waals surface area contributed by atoms with Gasteiger partial charge in [-0.3, -0.25) is 5.10 Å². The van der Waals surface area contributed by atoms with Gasteiger partial charge in [0.1, 0.15) is 5.76 Å². The molecule has 2 N–H and O–H groups in total. The number of nitrogens with zero attached hydrogens (tertiary/aromatic N) is 3. The van der Waals surface area contributed by atoms with Gasteiger partial charge in [-0.2, -0.15) is 5.10 Å². The zero-order valence-corrected chi connectivity index (χ0v) is 17.7. The van der Waals surface area contributed by atoms with Gasteiger partial charge in [0.25, 0.3) is 0 Å². The van der Waals surface area contributed by atoms with Gasteiger partial charge in [-0.25, -0.2) is 0 Å². The van der Waals surface area contributed by atoms with Crippen molar-refractivity contribution in [3.8, 4) is 0 Å². The molecule has 0 spiro atoms. The van der Waals surface area contributed by atoms with Crippen molar-refractivity contribution in [1.82, 2.24) is 15.1 Å². The number of H-pyrrole nitrogens is 1. The minimum Gasteiger partial charge on any atom is -0.467 e. The first kappa shape index (κ1) is 19.5.